The molecule has 8 heteroatoms. The van der Waals surface area contributed by atoms with Gasteiger partial charge in [-0.3, -0.25) is 9.59 Å². The van der Waals surface area contributed by atoms with Crippen molar-refractivity contribution in [1.29, 1.82) is 0 Å². The number of Topliss-reactive ketones (excluding diaryl/α,β-unsaturated/α-hetero) is 1. The summed E-state index contributed by atoms with van der Waals surface area (Å²) in [6, 6.07) is 13.7. The number of hydrogen-bond donors (Lipinski definition) is 2. The van der Waals surface area contributed by atoms with E-state index in [0.717, 1.165) is 16.5 Å². The summed E-state index contributed by atoms with van der Waals surface area (Å²) in [5, 5.41) is 0.759. The summed E-state index contributed by atoms with van der Waals surface area (Å²) in [7, 11) is -3.69. The van der Waals surface area contributed by atoms with Crippen LogP contribution in [0.25, 0.3) is 10.9 Å². The molecule has 2 aromatic carbocycles. The van der Waals surface area contributed by atoms with E-state index in [1.807, 2.05) is 25.1 Å². The number of carbonyl (C=O) groups is 2. The normalized spacial score (nSPS) is 11.5. The predicted molar refractivity (Wildman–Crippen MR) is 105 cm³/mol. The third-order valence-corrected chi connectivity index (χ3v) is 5.68. The summed E-state index contributed by atoms with van der Waals surface area (Å²) in [5.41, 5.74) is 2.22. The Labute approximate surface area is 162 Å². The maximum atomic E-state index is 12.3. The minimum absolute atomic E-state index is 0.115. The Bertz CT molecular complexity index is 1100. The molecule has 0 saturated heterocycles. The molecular formula is C20H20N2O5S. The van der Waals surface area contributed by atoms with Gasteiger partial charge < -0.3 is 9.72 Å². The number of fused-ring (bicyclic) bond motifs is 1. The molecule has 2 N–H and O–H groups in total. The monoisotopic (exact) mass is 400 g/mol. The predicted octanol–water partition coefficient (Wildman–Crippen LogP) is 2.57. The Morgan fingerprint density at radius 2 is 1.79 bits per heavy atom. The smallest absolute Gasteiger partial charge is 0.307 e. The lowest BCUT2D eigenvalue weighted by atomic mass is 10.1. The number of hydrogen-bond acceptors (Lipinski definition) is 5. The maximum absolute atomic E-state index is 12.3. The fourth-order valence-electron chi connectivity index (χ4n) is 2.69. The minimum Gasteiger partial charge on any atom is -0.457 e. The second-order valence-corrected chi connectivity index (χ2v) is 8.06. The number of aromatic amines is 1. The number of benzene rings is 2. The highest BCUT2D eigenvalue weighted by Gasteiger charge is 2.16. The number of para-hydroxylation sites is 1. The summed E-state index contributed by atoms with van der Waals surface area (Å²) >= 11 is 0. The molecule has 0 aliphatic rings. The molecule has 0 bridgehead atoms. The van der Waals surface area contributed by atoms with Crippen LogP contribution in [0.1, 0.15) is 22.3 Å². The van der Waals surface area contributed by atoms with E-state index in [1.54, 1.807) is 24.4 Å². The number of carbonyl (C=O) groups excluding carboxylic acids is 2. The molecule has 0 amide bonds. The van der Waals surface area contributed by atoms with Gasteiger partial charge in [-0.15, -0.1) is 0 Å². The number of sulfonamides is 1. The molecule has 7 nitrogen and oxygen atoms in total. The Morgan fingerprint density at radius 1 is 1.07 bits per heavy atom. The number of nitrogens with one attached hydrogen (secondary N) is 2. The number of aromatic nitrogens is 1. The highest BCUT2D eigenvalue weighted by Crippen LogP contribution is 2.18. The molecule has 1 heterocycles. The van der Waals surface area contributed by atoms with Crippen molar-refractivity contribution >= 4 is 32.7 Å². The number of rotatable bonds is 8. The van der Waals surface area contributed by atoms with Crippen molar-refractivity contribution in [3.05, 3.63) is 65.9 Å². The van der Waals surface area contributed by atoms with Crippen LogP contribution in [0.3, 0.4) is 0 Å². The third-order valence-electron chi connectivity index (χ3n) is 4.21. The first kappa shape index (κ1) is 19.8. The summed E-state index contributed by atoms with van der Waals surface area (Å²) in [5.74, 6) is -0.981. The van der Waals surface area contributed by atoms with Gasteiger partial charge in [0.15, 0.2) is 6.61 Å². The Balaban J connectivity index is 1.48. The molecule has 0 fully saturated rings. The molecule has 0 unspecified atom stereocenters. The fourth-order valence-corrected chi connectivity index (χ4v) is 3.72. The molecule has 0 spiro atoms. The van der Waals surface area contributed by atoms with E-state index in [1.165, 1.54) is 12.1 Å². The standard InChI is InChI=1S/C20H20N2O5S/c1-14-6-8-15(9-7-14)28(25,26)22-11-10-20(24)27-13-19(23)17-12-21-18-5-3-2-4-16(17)18/h2-9,12,21-22H,10-11,13H2,1H3. The van der Waals surface area contributed by atoms with Gasteiger partial charge in [-0.1, -0.05) is 35.9 Å². The highest BCUT2D eigenvalue weighted by atomic mass is 32.2. The number of H-pyrrole nitrogens is 1. The van der Waals surface area contributed by atoms with E-state index in [4.69, 9.17) is 4.74 Å². The van der Waals surface area contributed by atoms with Gasteiger partial charge in [0.2, 0.25) is 15.8 Å². The molecule has 1 aromatic heterocycles. The Kier molecular flexibility index (Phi) is 5.91. The van der Waals surface area contributed by atoms with Crippen molar-refractivity contribution in [2.45, 2.75) is 18.2 Å². The lowest BCUT2D eigenvalue weighted by molar-refractivity contribution is -0.142. The molecule has 3 rings (SSSR count). The zero-order valence-corrected chi connectivity index (χ0v) is 16.1. The van der Waals surface area contributed by atoms with Gasteiger partial charge in [-0.25, -0.2) is 13.1 Å². The summed E-state index contributed by atoms with van der Waals surface area (Å²) in [4.78, 5) is 27.2. The van der Waals surface area contributed by atoms with Gasteiger partial charge in [0.1, 0.15) is 0 Å². The first-order valence-corrected chi connectivity index (χ1v) is 10.2. The first-order valence-electron chi connectivity index (χ1n) is 8.68. The van der Waals surface area contributed by atoms with Gasteiger partial charge in [-0.2, -0.15) is 0 Å². The van der Waals surface area contributed by atoms with E-state index in [9.17, 15) is 18.0 Å². The van der Waals surface area contributed by atoms with Gasteiger partial charge in [0.25, 0.3) is 0 Å². The van der Waals surface area contributed by atoms with Gasteiger partial charge >= 0.3 is 5.97 Å². The van der Waals surface area contributed by atoms with Crippen molar-refractivity contribution < 1.29 is 22.7 Å². The zero-order chi connectivity index (χ0) is 20.1. The molecule has 146 valence electrons. The van der Waals surface area contributed by atoms with Crippen molar-refractivity contribution in [1.82, 2.24) is 9.71 Å². The molecule has 0 saturated carbocycles. The van der Waals surface area contributed by atoms with E-state index in [-0.39, 0.29) is 23.6 Å². The van der Waals surface area contributed by atoms with E-state index < -0.39 is 22.6 Å². The second-order valence-electron chi connectivity index (χ2n) is 6.29. The van der Waals surface area contributed by atoms with Gasteiger partial charge in [0, 0.05) is 29.2 Å². The molecule has 28 heavy (non-hydrogen) atoms. The van der Waals surface area contributed by atoms with Crippen molar-refractivity contribution in [3.8, 4) is 0 Å². The lowest BCUT2D eigenvalue weighted by Crippen LogP contribution is -2.27. The SMILES string of the molecule is Cc1ccc(S(=O)(=O)NCCC(=O)OCC(=O)c2c[nH]c3ccccc23)cc1. The molecule has 3 aromatic rings. The maximum Gasteiger partial charge on any atom is 0.307 e. The van der Waals surface area contributed by atoms with Gasteiger partial charge in [-0.05, 0) is 25.1 Å². The first-order chi connectivity index (χ1) is 13.4. The largest absolute Gasteiger partial charge is 0.457 e. The van der Waals surface area contributed by atoms with E-state index >= 15 is 0 Å². The summed E-state index contributed by atoms with van der Waals surface area (Å²) in [6.45, 7) is 1.35. The Morgan fingerprint density at radius 3 is 2.54 bits per heavy atom. The topological polar surface area (TPSA) is 105 Å². The average molecular weight is 400 g/mol. The van der Waals surface area contributed by atoms with E-state index in [2.05, 4.69) is 9.71 Å². The average Bonchev–Trinajstić information content (AvgIpc) is 3.10. The zero-order valence-electron chi connectivity index (χ0n) is 15.3. The molecule has 0 atom stereocenters. The lowest BCUT2D eigenvalue weighted by Gasteiger charge is -2.07. The van der Waals surface area contributed by atoms with E-state index in [0.29, 0.717) is 5.56 Å². The number of ketones is 1. The van der Waals surface area contributed by atoms with Crippen LogP contribution in [-0.2, 0) is 19.6 Å². The van der Waals surface area contributed by atoms with Crippen LogP contribution in [0.15, 0.2) is 59.6 Å². The number of esters is 1. The highest BCUT2D eigenvalue weighted by molar-refractivity contribution is 7.89. The van der Waals surface area contributed by atoms with Crippen molar-refractivity contribution in [3.63, 3.8) is 0 Å². The van der Waals surface area contributed by atoms with Crippen molar-refractivity contribution in [2.75, 3.05) is 13.2 Å². The molecular weight excluding hydrogens is 380 g/mol. The van der Waals surface area contributed by atoms with Crippen LogP contribution in [0, 0.1) is 6.92 Å². The molecule has 0 aliphatic heterocycles. The summed E-state index contributed by atoms with van der Waals surface area (Å²) in [6.07, 6.45) is 1.41. The number of ether oxygens (including phenoxy) is 1. The number of aryl methyl sites for hydroxylation is 1. The van der Waals surface area contributed by atoms with Crippen LogP contribution < -0.4 is 4.72 Å². The molecule has 0 aliphatic carbocycles. The van der Waals surface area contributed by atoms with Crippen LogP contribution >= 0.6 is 0 Å². The minimum atomic E-state index is -3.69. The fraction of sp³-hybridized carbons (Fsp3) is 0.200. The second kappa shape index (κ2) is 8.37. The van der Waals surface area contributed by atoms with Crippen LogP contribution in [0.2, 0.25) is 0 Å². The summed E-state index contributed by atoms with van der Waals surface area (Å²) < 4.78 is 31.6. The van der Waals surface area contributed by atoms with Crippen molar-refractivity contribution in [2.24, 2.45) is 0 Å². The van der Waals surface area contributed by atoms with Crippen LogP contribution in [0.5, 0.6) is 0 Å². The quantitative estimate of drug-likeness (QED) is 0.447. The van der Waals surface area contributed by atoms with Crippen LogP contribution in [0.4, 0.5) is 0 Å². The molecule has 0 radical (unpaired) electrons. The van der Waals surface area contributed by atoms with Crippen LogP contribution in [-0.4, -0.2) is 38.3 Å². The Hall–Kier alpha value is -2.97. The van der Waals surface area contributed by atoms with Gasteiger partial charge in [0.05, 0.1) is 11.3 Å². The third kappa shape index (κ3) is 4.65.